The fraction of sp³-hybridized carbons (Fsp3) is 0.421. The smallest absolute Gasteiger partial charge is 0.278 e. The third-order valence-electron chi connectivity index (χ3n) is 4.44. The summed E-state index contributed by atoms with van der Waals surface area (Å²) in [6.07, 6.45) is 2.65. The number of anilines is 1. The average molecular weight is 408 g/mol. The van der Waals surface area contributed by atoms with Gasteiger partial charge in [-0.1, -0.05) is 30.4 Å². The van der Waals surface area contributed by atoms with E-state index in [1.54, 1.807) is 34.2 Å². The summed E-state index contributed by atoms with van der Waals surface area (Å²) in [6, 6.07) is 6.23. The molecule has 1 amide bonds. The van der Waals surface area contributed by atoms with Crippen LogP contribution < -0.4 is 4.90 Å². The minimum absolute atomic E-state index is 0. The van der Waals surface area contributed by atoms with Crippen LogP contribution in [0.4, 0.5) is 5.13 Å². The minimum atomic E-state index is -0.0542. The molecule has 0 aliphatic carbocycles. The first-order chi connectivity index (χ1) is 12.4. The Morgan fingerprint density at radius 1 is 1.26 bits per heavy atom. The molecule has 27 heavy (non-hydrogen) atoms. The number of benzene rings is 1. The summed E-state index contributed by atoms with van der Waals surface area (Å²) < 4.78 is 2.76. The predicted octanol–water partition coefficient (Wildman–Crippen LogP) is 3.53. The summed E-state index contributed by atoms with van der Waals surface area (Å²) in [5.41, 5.74) is 3.70. The van der Waals surface area contributed by atoms with E-state index in [0.29, 0.717) is 12.2 Å². The van der Waals surface area contributed by atoms with Crippen LogP contribution in [-0.2, 0) is 13.5 Å². The number of para-hydroxylation sites is 1. The molecule has 3 rings (SSSR count). The Kier molecular flexibility index (Phi) is 6.97. The lowest BCUT2D eigenvalue weighted by Gasteiger charge is -2.22. The van der Waals surface area contributed by atoms with Gasteiger partial charge in [0.15, 0.2) is 5.13 Å². The Morgan fingerprint density at radius 2 is 2.00 bits per heavy atom. The average Bonchev–Trinajstić information content (AvgIpc) is 3.17. The van der Waals surface area contributed by atoms with Gasteiger partial charge in [-0.2, -0.15) is 5.10 Å². The van der Waals surface area contributed by atoms with Crippen molar-refractivity contribution in [1.82, 2.24) is 19.7 Å². The number of hydrogen-bond donors (Lipinski definition) is 0. The Hall–Kier alpha value is -1.96. The minimum Gasteiger partial charge on any atom is -0.308 e. The topological polar surface area (TPSA) is 54.3 Å². The monoisotopic (exact) mass is 407 g/mol. The van der Waals surface area contributed by atoms with E-state index < -0.39 is 0 Å². The number of rotatable bonds is 6. The van der Waals surface area contributed by atoms with Gasteiger partial charge < -0.3 is 4.90 Å². The Bertz CT molecular complexity index is 914. The highest BCUT2D eigenvalue weighted by atomic mass is 35.5. The van der Waals surface area contributed by atoms with Crippen molar-refractivity contribution in [3.05, 3.63) is 41.2 Å². The van der Waals surface area contributed by atoms with Crippen LogP contribution in [0.2, 0.25) is 0 Å². The molecule has 0 saturated carbocycles. The molecule has 6 nitrogen and oxygen atoms in total. The summed E-state index contributed by atoms with van der Waals surface area (Å²) in [5.74, 6) is -0.0542. The molecule has 0 spiro atoms. The highest BCUT2D eigenvalue weighted by Crippen LogP contribution is 2.32. The van der Waals surface area contributed by atoms with Crippen molar-refractivity contribution in [2.24, 2.45) is 7.05 Å². The lowest BCUT2D eigenvalue weighted by molar-refractivity contribution is 0.0975. The standard InChI is InChI=1S/C19H25N5OS.ClH/c1-6-14-8-7-9-15-16(14)21-19(26-15)24(11-10-22(3)4)18(25)17-13(2)12-20-23(17)5;/h7-9,12H,6,10-11H2,1-5H3;1H. The van der Waals surface area contributed by atoms with Crippen molar-refractivity contribution in [3.63, 3.8) is 0 Å². The number of aryl methyl sites for hydroxylation is 3. The van der Waals surface area contributed by atoms with Crippen molar-refractivity contribution >= 4 is 45.0 Å². The number of carbonyl (C=O) groups is 1. The largest absolute Gasteiger partial charge is 0.308 e. The molecule has 0 atom stereocenters. The maximum atomic E-state index is 13.3. The van der Waals surface area contributed by atoms with E-state index >= 15 is 0 Å². The first-order valence-electron chi connectivity index (χ1n) is 8.76. The zero-order chi connectivity index (χ0) is 18.8. The maximum Gasteiger partial charge on any atom is 0.278 e. The van der Waals surface area contributed by atoms with Crippen LogP contribution in [0.15, 0.2) is 24.4 Å². The number of hydrogen-bond acceptors (Lipinski definition) is 5. The summed E-state index contributed by atoms with van der Waals surface area (Å²) in [5, 5.41) is 4.96. The van der Waals surface area contributed by atoms with Crippen LogP contribution in [0.25, 0.3) is 10.2 Å². The van der Waals surface area contributed by atoms with Crippen molar-refractivity contribution < 1.29 is 4.79 Å². The molecule has 3 aromatic rings. The Labute approximate surface area is 170 Å². The second kappa shape index (κ2) is 8.82. The van der Waals surface area contributed by atoms with E-state index in [-0.39, 0.29) is 18.3 Å². The van der Waals surface area contributed by atoms with Crippen LogP contribution in [0.5, 0.6) is 0 Å². The molecule has 0 fully saturated rings. The molecule has 0 bridgehead atoms. The fourth-order valence-corrected chi connectivity index (χ4v) is 4.00. The normalized spacial score (nSPS) is 11.0. The summed E-state index contributed by atoms with van der Waals surface area (Å²) in [4.78, 5) is 22.0. The number of likely N-dealkylation sites (N-methyl/N-ethyl adjacent to an activating group) is 1. The number of thiazole rings is 1. The highest BCUT2D eigenvalue weighted by Gasteiger charge is 2.25. The number of halogens is 1. The molecule has 146 valence electrons. The van der Waals surface area contributed by atoms with Crippen LogP contribution in [0.1, 0.15) is 28.5 Å². The molecule has 0 N–H and O–H groups in total. The molecule has 0 radical (unpaired) electrons. The van der Waals surface area contributed by atoms with Gasteiger partial charge in [0.05, 0.1) is 16.4 Å². The molecule has 1 aromatic carbocycles. The Balaban J connectivity index is 0.00000261. The van der Waals surface area contributed by atoms with Gasteiger partial charge in [-0.25, -0.2) is 4.98 Å². The van der Waals surface area contributed by atoms with Crippen molar-refractivity contribution in [1.29, 1.82) is 0 Å². The zero-order valence-electron chi connectivity index (χ0n) is 16.4. The van der Waals surface area contributed by atoms with Gasteiger partial charge >= 0.3 is 0 Å². The zero-order valence-corrected chi connectivity index (χ0v) is 18.0. The van der Waals surface area contributed by atoms with Gasteiger partial charge in [0, 0.05) is 20.1 Å². The predicted molar refractivity (Wildman–Crippen MR) is 114 cm³/mol. The molecule has 2 aromatic heterocycles. The number of amides is 1. The van der Waals surface area contributed by atoms with E-state index in [9.17, 15) is 4.79 Å². The van der Waals surface area contributed by atoms with E-state index in [1.165, 1.54) is 5.56 Å². The van der Waals surface area contributed by atoms with Gasteiger partial charge in [0.2, 0.25) is 0 Å². The number of carbonyl (C=O) groups excluding carboxylic acids is 1. The number of nitrogens with zero attached hydrogens (tertiary/aromatic N) is 5. The number of aromatic nitrogens is 3. The summed E-state index contributed by atoms with van der Waals surface area (Å²) >= 11 is 1.57. The van der Waals surface area contributed by atoms with Gasteiger partial charge in [0.25, 0.3) is 5.91 Å². The van der Waals surface area contributed by atoms with Gasteiger partial charge in [-0.3, -0.25) is 14.4 Å². The second-order valence-electron chi connectivity index (χ2n) is 6.67. The van der Waals surface area contributed by atoms with E-state index in [1.807, 2.05) is 21.0 Å². The van der Waals surface area contributed by atoms with Crippen LogP contribution in [0.3, 0.4) is 0 Å². The fourth-order valence-electron chi connectivity index (χ4n) is 2.96. The van der Waals surface area contributed by atoms with Crippen LogP contribution in [-0.4, -0.2) is 52.8 Å². The number of fused-ring (bicyclic) bond motifs is 1. The third kappa shape index (κ3) is 4.31. The highest BCUT2D eigenvalue weighted by molar-refractivity contribution is 7.22. The van der Waals surface area contributed by atoms with Gasteiger partial charge in [0.1, 0.15) is 5.69 Å². The molecule has 2 heterocycles. The summed E-state index contributed by atoms with van der Waals surface area (Å²) in [7, 11) is 5.81. The SMILES string of the molecule is CCc1cccc2sc(N(CCN(C)C)C(=O)c3c(C)cnn3C)nc12.Cl. The molecular weight excluding hydrogens is 382 g/mol. The summed E-state index contributed by atoms with van der Waals surface area (Å²) in [6.45, 7) is 5.39. The molecule has 0 aliphatic heterocycles. The molecular formula is C19H26ClN5OS. The van der Waals surface area contributed by atoms with Crippen LogP contribution in [0, 0.1) is 6.92 Å². The quantitative estimate of drug-likeness (QED) is 0.627. The van der Waals surface area contributed by atoms with Crippen molar-refractivity contribution in [2.75, 3.05) is 32.1 Å². The molecule has 8 heteroatoms. The lowest BCUT2D eigenvalue weighted by atomic mass is 10.1. The van der Waals surface area contributed by atoms with E-state index in [0.717, 1.165) is 33.9 Å². The molecule has 0 unspecified atom stereocenters. The molecule has 0 aliphatic rings. The van der Waals surface area contributed by atoms with E-state index in [2.05, 4.69) is 35.1 Å². The Morgan fingerprint density at radius 3 is 2.59 bits per heavy atom. The maximum absolute atomic E-state index is 13.3. The second-order valence-corrected chi connectivity index (χ2v) is 7.68. The van der Waals surface area contributed by atoms with Crippen molar-refractivity contribution in [3.8, 4) is 0 Å². The first-order valence-corrected chi connectivity index (χ1v) is 9.57. The van der Waals surface area contributed by atoms with Crippen LogP contribution >= 0.6 is 23.7 Å². The van der Waals surface area contributed by atoms with Gasteiger partial charge in [-0.05, 0) is 44.6 Å². The first kappa shape index (κ1) is 21.3. The molecule has 0 saturated heterocycles. The third-order valence-corrected chi connectivity index (χ3v) is 5.49. The van der Waals surface area contributed by atoms with Gasteiger partial charge in [-0.15, -0.1) is 12.4 Å². The lowest BCUT2D eigenvalue weighted by Crippen LogP contribution is -2.38. The van der Waals surface area contributed by atoms with E-state index in [4.69, 9.17) is 4.98 Å². The van der Waals surface area contributed by atoms with Crippen molar-refractivity contribution in [2.45, 2.75) is 20.3 Å².